The highest BCUT2D eigenvalue weighted by Gasteiger charge is 2.30. The van der Waals surface area contributed by atoms with Gasteiger partial charge in [-0.25, -0.2) is 14.0 Å². The SMILES string of the molecule is CC(C)(C)OC(=O)N[C@H]1CCN(c2cc3c(cc2F)c(=O)n(N(Cc2ccccc2)Cc2ccccc2)c(=O)n3CC2CC2)C1. The predicted molar refractivity (Wildman–Crippen MR) is 174 cm³/mol. The summed E-state index contributed by atoms with van der Waals surface area (Å²) in [5.74, 6) is -0.213. The van der Waals surface area contributed by atoms with E-state index in [-0.39, 0.29) is 11.4 Å². The third-order valence-corrected chi connectivity index (χ3v) is 8.28. The second kappa shape index (κ2) is 12.4. The molecule has 6 rings (SSSR count). The van der Waals surface area contributed by atoms with Gasteiger partial charge in [0.15, 0.2) is 0 Å². The number of hydrogen-bond donors (Lipinski definition) is 1. The van der Waals surface area contributed by atoms with Crippen LogP contribution in [0.3, 0.4) is 0 Å². The van der Waals surface area contributed by atoms with Crippen LogP contribution in [0, 0.1) is 11.7 Å². The van der Waals surface area contributed by atoms with E-state index in [1.807, 2.05) is 65.6 Å². The molecule has 0 spiro atoms. The van der Waals surface area contributed by atoms with Crippen LogP contribution in [0.15, 0.2) is 82.4 Å². The highest BCUT2D eigenvalue weighted by molar-refractivity contribution is 5.83. The molecule has 1 aliphatic carbocycles. The minimum absolute atomic E-state index is 0.158. The standard InChI is InChI=1S/C35H40FN5O4/c1-35(2,3)45-33(43)37-27-16-17-38(23-27)31-19-30-28(18-29(31)36)32(42)41(34(44)40(30)22-26-14-15-26)39(20-24-10-6-4-7-11-24)21-25-12-8-5-9-13-25/h4-13,18-19,26-27H,14-17,20-23H2,1-3H3,(H,37,43)/t27-/m0/s1. The predicted octanol–water partition coefficient (Wildman–Crippen LogP) is 5.15. The molecule has 10 heteroatoms. The fourth-order valence-corrected chi connectivity index (χ4v) is 5.95. The fourth-order valence-electron chi connectivity index (χ4n) is 5.95. The number of alkyl carbamates (subject to hydrolysis) is 1. The summed E-state index contributed by atoms with van der Waals surface area (Å²) in [6, 6.07) is 22.1. The summed E-state index contributed by atoms with van der Waals surface area (Å²) >= 11 is 0. The van der Waals surface area contributed by atoms with Gasteiger partial charge in [0, 0.05) is 19.6 Å². The Morgan fingerprint density at radius 3 is 2.16 bits per heavy atom. The van der Waals surface area contributed by atoms with Gasteiger partial charge in [-0.15, -0.1) is 0 Å². The normalized spacial score (nSPS) is 16.6. The molecule has 0 radical (unpaired) electrons. The molecule has 1 saturated heterocycles. The van der Waals surface area contributed by atoms with Crippen molar-refractivity contribution in [2.24, 2.45) is 5.92 Å². The van der Waals surface area contributed by atoms with Gasteiger partial charge in [-0.2, -0.15) is 4.68 Å². The van der Waals surface area contributed by atoms with Crippen LogP contribution in [0.2, 0.25) is 0 Å². The number of anilines is 1. The Labute approximate surface area is 261 Å². The molecule has 4 aromatic rings. The van der Waals surface area contributed by atoms with E-state index in [0.717, 1.165) is 24.0 Å². The molecule has 3 aromatic carbocycles. The zero-order valence-electron chi connectivity index (χ0n) is 26.0. The number of ether oxygens (including phenoxy) is 1. The first kappa shape index (κ1) is 30.4. The van der Waals surface area contributed by atoms with Crippen LogP contribution in [-0.2, 0) is 24.4 Å². The highest BCUT2D eigenvalue weighted by atomic mass is 19.1. The second-order valence-electron chi connectivity index (χ2n) is 13.1. The van der Waals surface area contributed by atoms with E-state index in [9.17, 15) is 14.4 Å². The Hall–Kier alpha value is -4.60. The first-order valence-electron chi connectivity index (χ1n) is 15.6. The lowest BCUT2D eigenvalue weighted by Crippen LogP contribution is -2.52. The van der Waals surface area contributed by atoms with Crippen LogP contribution in [0.4, 0.5) is 14.9 Å². The number of nitrogens with one attached hydrogen (secondary N) is 1. The third kappa shape index (κ3) is 7.05. The van der Waals surface area contributed by atoms with Crippen molar-refractivity contribution in [3.63, 3.8) is 0 Å². The second-order valence-corrected chi connectivity index (χ2v) is 13.1. The van der Waals surface area contributed by atoms with Crippen molar-refractivity contribution in [1.82, 2.24) is 14.6 Å². The number of halogens is 1. The Morgan fingerprint density at radius 1 is 0.956 bits per heavy atom. The van der Waals surface area contributed by atoms with Gasteiger partial charge in [0.25, 0.3) is 5.56 Å². The van der Waals surface area contributed by atoms with Crippen LogP contribution < -0.4 is 26.5 Å². The number of carbonyl (C=O) groups is 1. The summed E-state index contributed by atoms with van der Waals surface area (Å²) in [6.07, 6.45) is 2.11. The summed E-state index contributed by atoms with van der Waals surface area (Å²) in [7, 11) is 0. The van der Waals surface area contributed by atoms with E-state index in [1.165, 1.54) is 10.7 Å². The maximum absolute atomic E-state index is 15.9. The Morgan fingerprint density at radius 2 is 1.58 bits per heavy atom. The number of nitrogens with zero attached hydrogens (tertiary/aromatic N) is 4. The first-order valence-corrected chi connectivity index (χ1v) is 15.6. The lowest BCUT2D eigenvalue weighted by Gasteiger charge is -2.28. The molecule has 2 fully saturated rings. The molecule has 1 N–H and O–H groups in total. The van der Waals surface area contributed by atoms with E-state index in [1.54, 1.807) is 36.4 Å². The molecule has 45 heavy (non-hydrogen) atoms. The average Bonchev–Trinajstić information content (AvgIpc) is 3.70. The Bertz CT molecular complexity index is 1750. The van der Waals surface area contributed by atoms with E-state index >= 15 is 4.39 Å². The lowest BCUT2D eigenvalue weighted by molar-refractivity contribution is 0.0509. The van der Waals surface area contributed by atoms with Crippen molar-refractivity contribution in [2.45, 2.75) is 71.3 Å². The van der Waals surface area contributed by atoms with Crippen molar-refractivity contribution in [3.8, 4) is 0 Å². The van der Waals surface area contributed by atoms with Crippen molar-refractivity contribution in [3.05, 3.63) is 111 Å². The molecular formula is C35H40FN5O4. The molecule has 1 aromatic heterocycles. The van der Waals surface area contributed by atoms with Gasteiger partial charge in [-0.3, -0.25) is 14.4 Å². The molecule has 0 bridgehead atoms. The maximum Gasteiger partial charge on any atom is 0.407 e. The van der Waals surface area contributed by atoms with Crippen molar-refractivity contribution >= 4 is 22.7 Å². The summed E-state index contributed by atoms with van der Waals surface area (Å²) < 4.78 is 24.1. The van der Waals surface area contributed by atoms with Gasteiger partial charge in [0.2, 0.25) is 0 Å². The zero-order chi connectivity index (χ0) is 31.7. The van der Waals surface area contributed by atoms with Crippen molar-refractivity contribution in [1.29, 1.82) is 0 Å². The van der Waals surface area contributed by atoms with Crippen LogP contribution in [0.5, 0.6) is 0 Å². The van der Waals surface area contributed by atoms with Crippen molar-refractivity contribution < 1.29 is 13.9 Å². The van der Waals surface area contributed by atoms with Crippen LogP contribution in [-0.4, -0.2) is 40.1 Å². The smallest absolute Gasteiger partial charge is 0.407 e. The largest absolute Gasteiger partial charge is 0.444 e. The fraction of sp³-hybridized carbons (Fsp3) is 0.400. The molecule has 1 saturated carbocycles. The number of rotatable bonds is 9. The molecule has 236 valence electrons. The van der Waals surface area contributed by atoms with E-state index in [0.29, 0.717) is 56.3 Å². The van der Waals surface area contributed by atoms with Gasteiger partial charge < -0.3 is 15.0 Å². The first-order chi connectivity index (χ1) is 21.6. The number of aromatic nitrogens is 2. The number of hydrogen-bond acceptors (Lipinski definition) is 6. The Balaban J connectivity index is 1.39. The van der Waals surface area contributed by atoms with Crippen molar-refractivity contribution in [2.75, 3.05) is 23.0 Å². The van der Waals surface area contributed by atoms with Crippen LogP contribution in [0.1, 0.15) is 51.2 Å². The Kier molecular flexibility index (Phi) is 8.40. The van der Waals surface area contributed by atoms with Crippen LogP contribution >= 0.6 is 0 Å². The molecule has 2 aliphatic rings. The molecule has 1 amide bonds. The van der Waals surface area contributed by atoms with Gasteiger partial charge in [-0.05, 0) is 69.2 Å². The van der Waals surface area contributed by atoms with E-state index < -0.39 is 28.8 Å². The summed E-state index contributed by atoms with van der Waals surface area (Å²) in [5, 5.41) is 4.78. The highest BCUT2D eigenvalue weighted by Crippen LogP contribution is 2.32. The number of amides is 1. The summed E-state index contributed by atoms with van der Waals surface area (Å²) in [6.45, 7) is 7.39. The molecule has 9 nitrogen and oxygen atoms in total. The van der Waals surface area contributed by atoms with E-state index in [4.69, 9.17) is 4.74 Å². The average molecular weight is 614 g/mol. The zero-order valence-corrected chi connectivity index (χ0v) is 26.0. The summed E-state index contributed by atoms with van der Waals surface area (Å²) in [5.41, 5.74) is 1.01. The van der Waals surface area contributed by atoms with E-state index in [2.05, 4.69) is 5.32 Å². The minimum Gasteiger partial charge on any atom is -0.444 e. The number of carbonyl (C=O) groups excluding carboxylic acids is 1. The van der Waals surface area contributed by atoms with Crippen LogP contribution in [0.25, 0.3) is 10.9 Å². The molecule has 1 aliphatic heterocycles. The number of fused-ring (bicyclic) bond motifs is 1. The third-order valence-electron chi connectivity index (χ3n) is 8.28. The van der Waals surface area contributed by atoms with Gasteiger partial charge >= 0.3 is 11.8 Å². The number of benzene rings is 3. The topological polar surface area (TPSA) is 88.8 Å². The molecule has 2 heterocycles. The molecule has 1 atom stereocenters. The molecular weight excluding hydrogens is 573 g/mol. The monoisotopic (exact) mass is 613 g/mol. The van der Waals surface area contributed by atoms with Gasteiger partial charge in [0.05, 0.1) is 35.7 Å². The summed E-state index contributed by atoms with van der Waals surface area (Å²) in [4.78, 5) is 42.7. The maximum atomic E-state index is 15.9. The molecule has 0 unspecified atom stereocenters. The van der Waals surface area contributed by atoms with Gasteiger partial charge in [-0.1, -0.05) is 60.7 Å². The minimum atomic E-state index is -0.622. The quantitative estimate of drug-likeness (QED) is 0.281. The lowest BCUT2D eigenvalue weighted by atomic mass is 10.1. The van der Waals surface area contributed by atoms with Gasteiger partial charge in [0.1, 0.15) is 11.4 Å².